The average Bonchev–Trinajstić information content (AvgIpc) is 2.60. The number of carbonyl (C=O) groups is 2. The molecule has 0 radical (unpaired) electrons. The molecule has 5 heteroatoms. The zero-order valence-corrected chi connectivity index (χ0v) is 10.6. The first-order valence-corrected chi connectivity index (χ1v) is 6.49. The van der Waals surface area contributed by atoms with Crippen LogP contribution in [0, 0.1) is 0 Å². The molecular formula is C13H19NO4. The Morgan fingerprint density at radius 1 is 1.56 bits per heavy atom. The summed E-state index contributed by atoms with van der Waals surface area (Å²) in [6.45, 7) is 2.72. The highest BCUT2D eigenvalue weighted by molar-refractivity contribution is 5.84. The molecule has 2 aliphatic heterocycles. The molecule has 0 bridgehead atoms. The van der Waals surface area contributed by atoms with Gasteiger partial charge in [0.25, 0.3) is 0 Å². The third-order valence-electron chi connectivity index (χ3n) is 3.55. The van der Waals surface area contributed by atoms with Crippen molar-refractivity contribution < 1.29 is 19.4 Å². The van der Waals surface area contributed by atoms with Gasteiger partial charge in [-0.05, 0) is 31.8 Å². The minimum Gasteiger partial charge on any atom is -0.463 e. The van der Waals surface area contributed by atoms with Crippen molar-refractivity contribution in [1.82, 2.24) is 4.90 Å². The summed E-state index contributed by atoms with van der Waals surface area (Å²) in [5, 5.41) is 10.1. The topological polar surface area (TPSA) is 66.8 Å². The maximum Gasteiger partial charge on any atom is 0.330 e. The second kappa shape index (κ2) is 5.52. The minimum atomic E-state index is -0.643. The Kier molecular flexibility index (Phi) is 4.01. The fourth-order valence-corrected chi connectivity index (χ4v) is 2.72. The molecule has 2 aliphatic rings. The molecular weight excluding hydrogens is 234 g/mol. The Morgan fingerprint density at radius 2 is 2.33 bits per heavy atom. The molecule has 18 heavy (non-hydrogen) atoms. The van der Waals surface area contributed by atoms with Crippen LogP contribution in [0.2, 0.25) is 0 Å². The van der Waals surface area contributed by atoms with Gasteiger partial charge >= 0.3 is 5.97 Å². The zero-order chi connectivity index (χ0) is 13.1. The van der Waals surface area contributed by atoms with Gasteiger partial charge in [-0.1, -0.05) is 0 Å². The van der Waals surface area contributed by atoms with E-state index in [1.54, 1.807) is 11.8 Å². The van der Waals surface area contributed by atoms with Gasteiger partial charge < -0.3 is 14.7 Å². The van der Waals surface area contributed by atoms with Crippen LogP contribution in [0.5, 0.6) is 0 Å². The smallest absolute Gasteiger partial charge is 0.330 e. The predicted octanol–water partition coefficient (Wildman–Crippen LogP) is 0.622. The van der Waals surface area contributed by atoms with E-state index in [2.05, 4.69) is 0 Å². The second-order valence-corrected chi connectivity index (χ2v) is 4.70. The molecule has 0 aromatic carbocycles. The fraction of sp³-hybridized carbons (Fsp3) is 0.692. The van der Waals surface area contributed by atoms with E-state index in [9.17, 15) is 14.7 Å². The molecule has 2 saturated heterocycles. The summed E-state index contributed by atoms with van der Waals surface area (Å²) in [4.78, 5) is 25.0. The molecule has 2 atom stereocenters. The summed E-state index contributed by atoms with van der Waals surface area (Å²) in [6.07, 6.45) is 3.26. The lowest BCUT2D eigenvalue weighted by Gasteiger charge is -2.25. The minimum absolute atomic E-state index is 0.115. The molecule has 2 heterocycles. The van der Waals surface area contributed by atoms with Crippen LogP contribution in [-0.2, 0) is 14.3 Å². The Morgan fingerprint density at radius 3 is 3.06 bits per heavy atom. The molecule has 0 aliphatic carbocycles. The molecule has 0 spiro atoms. The van der Waals surface area contributed by atoms with Crippen molar-refractivity contribution in [3.8, 4) is 0 Å². The quantitative estimate of drug-likeness (QED) is 0.579. The number of amides is 1. The van der Waals surface area contributed by atoms with Gasteiger partial charge in [-0.25, -0.2) is 4.79 Å². The standard InChI is InChI=1S/C13H19NO4/c1-2-18-13(17)8-9-10-5-6-12(16)14(10)7-3-4-11(9)15/h8,10-11,15H,2-7H2,1H3/b9-8+/t10-,11-/m0/s1. The number of esters is 1. The molecule has 100 valence electrons. The van der Waals surface area contributed by atoms with Gasteiger partial charge in [0.2, 0.25) is 5.91 Å². The molecule has 0 unspecified atom stereocenters. The molecule has 2 fully saturated rings. The lowest BCUT2D eigenvalue weighted by atomic mass is 9.97. The van der Waals surface area contributed by atoms with E-state index >= 15 is 0 Å². The van der Waals surface area contributed by atoms with Crippen molar-refractivity contribution in [1.29, 1.82) is 0 Å². The summed E-state index contributed by atoms with van der Waals surface area (Å²) < 4.78 is 4.88. The molecule has 0 aromatic rings. The van der Waals surface area contributed by atoms with Crippen molar-refractivity contribution in [2.75, 3.05) is 13.2 Å². The number of aliphatic hydroxyl groups excluding tert-OH is 1. The van der Waals surface area contributed by atoms with Gasteiger partial charge in [-0.2, -0.15) is 0 Å². The van der Waals surface area contributed by atoms with Gasteiger partial charge in [-0.15, -0.1) is 0 Å². The first-order chi connectivity index (χ1) is 8.63. The average molecular weight is 253 g/mol. The maximum atomic E-state index is 11.7. The third-order valence-corrected chi connectivity index (χ3v) is 3.55. The number of nitrogens with zero attached hydrogens (tertiary/aromatic N) is 1. The summed E-state index contributed by atoms with van der Waals surface area (Å²) in [5.41, 5.74) is 0.636. The van der Waals surface area contributed by atoms with Gasteiger partial charge in [0.15, 0.2) is 0 Å². The van der Waals surface area contributed by atoms with Crippen LogP contribution in [0.15, 0.2) is 11.6 Å². The van der Waals surface area contributed by atoms with Crippen molar-refractivity contribution in [2.24, 2.45) is 0 Å². The van der Waals surface area contributed by atoms with E-state index in [0.717, 1.165) is 6.42 Å². The molecule has 1 N–H and O–H groups in total. The number of rotatable bonds is 2. The van der Waals surface area contributed by atoms with E-state index in [0.29, 0.717) is 38.0 Å². The van der Waals surface area contributed by atoms with Crippen LogP contribution < -0.4 is 0 Å². The van der Waals surface area contributed by atoms with Crippen LogP contribution in [0.3, 0.4) is 0 Å². The van der Waals surface area contributed by atoms with Gasteiger partial charge in [0, 0.05) is 19.0 Å². The number of aliphatic hydroxyl groups is 1. The van der Waals surface area contributed by atoms with E-state index in [4.69, 9.17) is 4.74 Å². The first-order valence-electron chi connectivity index (χ1n) is 6.49. The van der Waals surface area contributed by atoms with E-state index < -0.39 is 12.1 Å². The number of carbonyl (C=O) groups excluding carboxylic acids is 2. The molecule has 0 aromatic heterocycles. The SMILES string of the molecule is CCOC(=O)/C=C1/[C@@H](O)CCCN2C(=O)CC[C@@H]12. The van der Waals surface area contributed by atoms with Crippen LogP contribution in [0.25, 0.3) is 0 Å². The van der Waals surface area contributed by atoms with E-state index in [1.165, 1.54) is 6.08 Å². The second-order valence-electron chi connectivity index (χ2n) is 4.70. The largest absolute Gasteiger partial charge is 0.463 e. The number of ether oxygens (including phenoxy) is 1. The van der Waals surface area contributed by atoms with Gasteiger partial charge in [0.1, 0.15) is 0 Å². The summed E-state index contributed by atoms with van der Waals surface area (Å²) >= 11 is 0. The van der Waals surface area contributed by atoms with Crippen molar-refractivity contribution in [3.63, 3.8) is 0 Å². The van der Waals surface area contributed by atoms with Crippen LogP contribution >= 0.6 is 0 Å². The Balaban J connectivity index is 2.23. The Hall–Kier alpha value is -1.36. The fourth-order valence-electron chi connectivity index (χ4n) is 2.72. The normalized spacial score (nSPS) is 30.2. The molecule has 1 amide bonds. The Bertz CT molecular complexity index is 377. The van der Waals surface area contributed by atoms with Crippen LogP contribution in [0.1, 0.15) is 32.6 Å². The van der Waals surface area contributed by atoms with Crippen LogP contribution in [0.4, 0.5) is 0 Å². The third kappa shape index (κ3) is 2.56. The van der Waals surface area contributed by atoms with E-state index in [-0.39, 0.29) is 11.9 Å². The zero-order valence-electron chi connectivity index (χ0n) is 10.6. The number of hydrogen-bond donors (Lipinski definition) is 1. The maximum absolute atomic E-state index is 11.7. The Labute approximate surface area is 106 Å². The molecule has 5 nitrogen and oxygen atoms in total. The summed E-state index contributed by atoms with van der Waals surface area (Å²) in [6, 6.07) is -0.126. The van der Waals surface area contributed by atoms with Crippen molar-refractivity contribution in [2.45, 2.75) is 44.8 Å². The highest BCUT2D eigenvalue weighted by Crippen LogP contribution is 2.31. The summed E-state index contributed by atoms with van der Waals surface area (Å²) in [7, 11) is 0. The lowest BCUT2D eigenvalue weighted by Crippen LogP contribution is -2.35. The van der Waals surface area contributed by atoms with E-state index in [1.807, 2.05) is 0 Å². The molecule has 2 rings (SSSR count). The summed E-state index contributed by atoms with van der Waals surface area (Å²) in [5.74, 6) is -0.323. The van der Waals surface area contributed by atoms with Crippen molar-refractivity contribution in [3.05, 3.63) is 11.6 Å². The monoisotopic (exact) mass is 253 g/mol. The highest BCUT2D eigenvalue weighted by Gasteiger charge is 2.37. The van der Waals surface area contributed by atoms with Gasteiger partial charge in [-0.3, -0.25) is 4.79 Å². The predicted molar refractivity (Wildman–Crippen MR) is 64.7 cm³/mol. The van der Waals surface area contributed by atoms with Crippen LogP contribution in [-0.4, -0.2) is 47.2 Å². The lowest BCUT2D eigenvalue weighted by molar-refractivity contribution is -0.137. The highest BCUT2D eigenvalue weighted by atomic mass is 16.5. The number of hydrogen-bond acceptors (Lipinski definition) is 4. The number of fused-ring (bicyclic) bond motifs is 1. The van der Waals surface area contributed by atoms with Gasteiger partial charge in [0.05, 0.1) is 18.8 Å². The first kappa shape index (κ1) is 13.1. The molecule has 0 saturated carbocycles. The van der Waals surface area contributed by atoms with Crippen molar-refractivity contribution >= 4 is 11.9 Å².